The van der Waals surface area contributed by atoms with E-state index in [1.54, 1.807) is 31.2 Å². The summed E-state index contributed by atoms with van der Waals surface area (Å²) in [5.74, 6) is -0.851. The summed E-state index contributed by atoms with van der Waals surface area (Å²) in [4.78, 5) is 11.3. The summed E-state index contributed by atoms with van der Waals surface area (Å²) >= 11 is 3.22. The van der Waals surface area contributed by atoms with Crippen LogP contribution in [0.1, 0.15) is 15.9 Å². The van der Waals surface area contributed by atoms with E-state index < -0.39 is 16.0 Å². The summed E-state index contributed by atoms with van der Waals surface area (Å²) in [6.45, 7) is 1.66. The van der Waals surface area contributed by atoms with Gasteiger partial charge in [-0.15, -0.1) is 0 Å². The largest absolute Gasteiger partial charge is 0.378 e. The zero-order valence-corrected chi connectivity index (χ0v) is 13.4. The molecule has 2 aromatic carbocycles. The molecule has 110 valence electrons. The van der Waals surface area contributed by atoms with Crippen LogP contribution in [0, 0.1) is 6.92 Å². The van der Waals surface area contributed by atoms with Gasteiger partial charge < -0.3 is 9.92 Å². The molecule has 7 heteroatoms. The van der Waals surface area contributed by atoms with Crippen LogP contribution < -0.4 is 9.92 Å². The normalized spacial score (nSPS) is 11.1. The molecule has 1 amide bonds. The maximum Gasteiger partial charge on any atom is 0.339 e. The lowest BCUT2D eigenvalue weighted by Crippen LogP contribution is -2.16. The summed E-state index contributed by atoms with van der Waals surface area (Å²) in [6.07, 6.45) is 0. The molecule has 0 saturated carbocycles. The van der Waals surface area contributed by atoms with Gasteiger partial charge >= 0.3 is 10.1 Å². The van der Waals surface area contributed by atoms with E-state index >= 15 is 0 Å². The van der Waals surface area contributed by atoms with Gasteiger partial charge in [-0.1, -0.05) is 34.1 Å². The first-order chi connectivity index (χ1) is 9.81. The zero-order valence-electron chi connectivity index (χ0n) is 11.0. The molecule has 0 fully saturated rings. The van der Waals surface area contributed by atoms with Crippen LogP contribution in [0.2, 0.25) is 0 Å². The SMILES string of the molecule is Cc1ccc(Br)cc1S(=O)(=O)Oc1ccccc1C(N)=O. The third-order valence-corrected chi connectivity index (χ3v) is 4.64. The number of aryl methyl sites for hydroxylation is 1. The Bertz CT molecular complexity index is 802. The number of benzene rings is 2. The van der Waals surface area contributed by atoms with Crippen molar-refractivity contribution in [3.8, 4) is 5.75 Å². The molecule has 21 heavy (non-hydrogen) atoms. The molecule has 0 aliphatic rings. The van der Waals surface area contributed by atoms with Gasteiger partial charge in [0.15, 0.2) is 5.75 Å². The Kier molecular flexibility index (Phi) is 4.34. The fraction of sp³-hybridized carbons (Fsp3) is 0.0714. The Balaban J connectivity index is 2.48. The third-order valence-electron chi connectivity index (χ3n) is 2.77. The Morgan fingerprint density at radius 2 is 1.86 bits per heavy atom. The number of primary amides is 1. The molecule has 0 aromatic heterocycles. The molecule has 0 unspecified atom stereocenters. The van der Waals surface area contributed by atoms with E-state index in [0.717, 1.165) is 0 Å². The Hall–Kier alpha value is -1.86. The molecule has 2 aromatic rings. The minimum absolute atomic E-state index is 0.00808. The van der Waals surface area contributed by atoms with Crippen LogP contribution in [0.3, 0.4) is 0 Å². The summed E-state index contributed by atoms with van der Waals surface area (Å²) in [6, 6.07) is 10.7. The summed E-state index contributed by atoms with van der Waals surface area (Å²) in [7, 11) is -4.06. The second-order valence-corrected chi connectivity index (χ2v) is 6.74. The lowest BCUT2D eigenvalue weighted by Gasteiger charge is -2.11. The average molecular weight is 370 g/mol. The number of hydrogen-bond donors (Lipinski definition) is 1. The lowest BCUT2D eigenvalue weighted by atomic mass is 10.2. The van der Waals surface area contributed by atoms with Crippen LogP contribution in [0.5, 0.6) is 5.75 Å². The van der Waals surface area contributed by atoms with Gasteiger partial charge in [0, 0.05) is 4.47 Å². The van der Waals surface area contributed by atoms with Crippen molar-refractivity contribution in [3.05, 3.63) is 58.1 Å². The smallest absolute Gasteiger partial charge is 0.339 e. The van der Waals surface area contributed by atoms with Crippen molar-refractivity contribution >= 4 is 32.0 Å². The molecule has 0 spiro atoms. The summed E-state index contributed by atoms with van der Waals surface area (Å²) in [5, 5.41) is 0. The highest BCUT2D eigenvalue weighted by Crippen LogP contribution is 2.26. The van der Waals surface area contributed by atoms with Crippen LogP contribution in [0.4, 0.5) is 0 Å². The van der Waals surface area contributed by atoms with Gasteiger partial charge in [-0.3, -0.25) is 4.79 Å². The standard InChI is InChI=1S/C14H12BrNO4S/c1-9-6-7-10(15)8-13(9)21(18,19)20-12-5-3-2-4-11(12)14(16)17/h2-8H,1H3,(H2,16,17). The van der Waals surface area contributed by atoms with Crippen LogP contribution in [-0.4, -0.2) is 14.3 Å². The molecule has 0 bridgehead atoms. The van der Waals surface area contributed by atoms with Crippen LogP contribution in [-0.2, 0) is 10.1 Å². The van der Waals surface area contributed by atoms with Gasteiger partial charge in [-0.05, 0) is 36.8 Å². The molecule has 5 nitrogen and oxygen atoms in total. The number of nitrogens with two attached hydrogens (primary N) is 1. The maximum absolute atomic E-state index is 12.4. The summed E-state index contributed by atoms with van der Waals surface area (Å²) in [5.41, 5.74) is 5.75. The highest BCUT2D eigenvalue weighted by atomic mass is 79.9. The maximum atomic E-state index is 12.4. The quantitative estimate of drug-likeness (QED) is 0.839. The van der Waals surface area contributed by atoms with Crippen molar-refractivity contribution in [3.63, 3.8) is 0 Å². The number of para-hydroxylation sites is 1. The highest BCUT2D eigenvalue weighted by molar-refractivity contribution is 9.10. The second-order valence-electron chi connectivity index (χ2n) is 4.31. The van der Waals surface area contributed by atoms with Crippen LogP contribution in [0.25, 0.3) is 0 Å². The molecule has 0 heterocycles. The molecule has 0 aliphatic carbocycles. The van der Waals surface area contributed by atoms with Gasteiger partial charge in [0.1, 0.15) is 4.90 Å². The average Bonchev–Trinajstić information content (AvgIpc) is 2.41. The van der Waals surface area contributed by atoms with Crippen molar-refractivity contribution < 1.29 is 17.4 Å². The topological polar surface area (TPSA) is 86.5 Å². The zero-order chi connectivity index (χ0) is 15.6. The van der Waals surface area contributed by atoms with Crippen LogP contribution >= 0.6 is 15.9 Å². The Morgan fingerprint density at radius 1 is 1.19 bits per heavy atom. The lowest BCUT2D eigenvalue weighted by molar-refractivity contribution is 0.0999. The first-order valence-corrected chi connectivity index (χ1v) is 8.11. The molecule has 2 rings (SSSR count). The van der Waals surface area contributed by atoms with E-state index in [4.69, 9.17) is 9.92 Å². The molecule has 0 saturated heterocycles. The van der Waals surface area contributed by atoms with Gasteiger partial charge in [-0.2, -0.15) is 8.42 Å². The predicted octanol–water partition coefficient (Wildman–Crippen LogP) is 2.62. The highest BCUT2D eigenvalue weighted by Gasteiger charge is 2.22. The van der Waals surface area contributed by atoms with Crippen molar-refractivity contribution in [2.75, 3.05) is 0 Å². The van der Waals surface area contributed by atoms with Crippen molar-refractivity contribution in [1.82, 2.24) is 0 Å². The van der Waals surface area contributed by atoms with E-state index in [-0.39, 0.29) is 16.2 Å². The van der Waals surface area contributed by atoms with E-state index in [0.29, 0.717) is 10.0 Å². The summed E-state index contributed by atoms with van der Waals surface area (Å²) < 4.78 is 30.4. The van der Waals surface area contributed by atoms with Crippen molar-refractivity contribution in [1.29, 1.82) is 0 Å². The fourth-order valence-corrected chi connectivity index (χ4v) is 3.47. The van der Waals surface area contributed by atoms with E-state index in [2.05, 4.69) is 15.9 Å². The monoisotopic (exact) mass is 369 g/mol. The van der Waals surface area contributed by atoms with E-state index in [1.165, 1.54) is 18.2 Å². The van der Waals surface area contributed by atoms with Crippen LogP contribution in [0.15, 0.2) is 51.8 Å². The molecule has 0 aliphatic heterocycles. The minimum atomic E-state index is -4.06. The minimum Gasteiger partial charge on any atom is -0.378 e. The third kappa shape index (κ3) is 3.43. The molecule has 0 radical (unpaired) electrons. The van der Waals surface area contributed by atoms with Gasteiger partial charge in [-0.25, -0.2) is 0 Å². The first kappa shape index (κ1) is 15.5. The Morgan fingerprint density at radius 3 is 2.52 bits per heavy atom. The van der Waals surface area contributed by atoms with E-state index in [9.17, 15) is 13.2 Å². The predicted molar refractivity (Wildman–Crippen MR) is 81.7 cm³/mol. The molecular formula is C14H12BrNO4S. The van der Waals surface area contributed by atoms with Crippen molar-refractivity contribution in [2.45, 2.75) is 11.8 Å². The number of amides is 1. The molecule has 2 N–H and O–H groups in total. The van der Waals surface area contributed by atoms with E-state index in [1.807, 2.05) is 0 Å². The fourth-order valence-electron chi connectivity index (χ4n) is 1.75. The second kappa shape index (κ2) is 5.87. The molecular weight excluding hydrogens is 358 g/mol. The van der Waals surface area contributed by atoms with Gasteiger partial charge in [0.2, 0.25) is 0 Å². The van der Waals surface area contributed by atoms with Gasteiger partial charge in [0.05, 0.1) is 5.56 Å². The molecule has 0 atom stereocenters. The first-order valence-electron chi connectivity index (χ1n) is 5.91. The Labute approximate surface area is 131 Å². The number of rotatable bonds is 4. The van der Waals surface area contributed by atoms with Gasteiger partial charge in [0.25, 0.3) is 5.91 Å². The van der Waals surface area contributed by atoms with Crippen molar-refractivity contribution in [2.24, 2.45) is 5.73 Å². The number of carbonyl (C=O) groups is 1. The number of halogens is 1. The number of carbonyl (C=O) groups excluding carboxylic acids is 1. The number of hydrogen-bond acceptors (Lipinski definition) is 4.